The van der Waals surface area contributed by atoms with Gasteiger partial charge in [0.15, 0.2) is 0 Å². The predicted octanol–water partition coefficient (Wildman–Crippen LogP) is 2.50. The molecule has 0 saturated carbocycles. The zero-order valence-corrected chi connectivity index (χ0v) is 11.7. The fourth-order valence-corrected chi connectivity index (χ4v) is 1.87. The fourth-order valence-electron chi connectivity index (χ4n) is 1.87. The van der Waals surface area contributed by atoms with Crippen molar-refractivity contribution in [1.29, 1.82) is 0 Å². The molecule has 0 fully saturated rings. The Morgan fingerprint density at radius 2 is 2.05 bits per heavy atom. The predicted molar refractivity (Wildman–Crippen MR) is 77.0 cm³/mol. The van der Waals surface area contributed by atoms with Gasteiger partial charge in [-0.2, -0.15) is 0 Å². The molecule has 0 saturated heterocycles. The molecule has 0 aromatic heterocycles. The summed E-state index contributed by atoms with van der Waals surface area (Å²) in [6.07, 6.45) is 7.43. The number of nitrogens with zero attached hydrogens (tertiary/aromatic N) is 1. The van der Waals surface area contributed by atoms with Gasteiger partial charge in [-0.3, -0.25) is 4.79 Å². The highest BCUT2D eigenvalue weighted by Crippen LogP contribution is 2.13. The first-order valence-corrected chi connectivity index (χ1v) is 6.55. The number of rotatable bonds is 7. The lowest BCUT2D eigenvalue weighted by molar-refractivity contribution is -0.130. The number of benzene rings is 1. The van der Waals surface area contributed by atoms with Crippen LogP contribution in [0.1, 0.15) is 25.3 Å². The number of methoxy groups -OCH3 is 1. The molecule has 0 aliphatic rings. The van der Waals surface area contributed by atoms with E-state index < -0.39 is 0 Å². The summed E-state index contributed by atoms with van der Waals surface area (Å²) in [4.78, 5) is 13.8. The molecule has 0 atom stereocenters. The van der Waals surface area contributed by atoms with Gasteiger partial charge in [0, 0.05) is 13.0 Å². The Morgan fingerprint density at radius 3 is 2.58 bits per heavy atom. The molecule has 0 unspecified atom stereocenters. The van der Waals surface area contributed by atoms with Crippen molar-refractivity contribution in [3.8, 4) is 18.1 Å². The molecule has 0 radical (unpaired) electrons. The minimum Gasteiger partial charge on any atom is -0.497 e. The molecular formula is C16H21NO2. The molecule has 1 aromatic carbocycles. The van der Waals surface area contributed by atoms with E-state index in [4.69, 9.17) is 11.2 Å². The van der Waals surface area contributed by atoms with Crippen LogP contribution in [-0.2, 0) is 11.2 Å². The van der Waals surface area contributed by atoms with Crippen molar-refractivity contribution in [2.75, 3.05) is 20.2 Å². The van der Waals surface area contributed by atoms with E-state index in [9.17, 15) is 4.79 Å². The van der Waals surface area contributed by atoms with Gasteiger partial charge in [-0.1, -0.05) is 25.0 Å². The van der Waals surface area contributed by atoms with Crippen LogP contribution in [0.25, 0.3) is 0 Å². The largest absolute Gasteiger partial charge is 0.497 e. The van der Waals surface area contributed by atoms with E-state index in [0.717, 1.165) is 30.7 Å². The van der Waals surface area contributed by atoms with Gasteiger partial charge in [-0.05, 0) is 30.5 Å². The maximum Gasteiger partial charge on any atom is 0.223 e. The molecule has 0 N–H and O–H groups in total. The summed E-state index contributed by atoms with van der Waals surface area (Å²) in [5.41, 5.74) is 1.13. The zero-order chi connectivity index (χ0) is 14.1. The first kappa shape index (κ1) is 15.1. The van der Waals surface area contributed by atoms with Crippen molar-refractivity contribution < 1.29 is 9.53 Å². The summed E-state index contributed by atoms with van der Waals surface area (Å²) in [5.74, 6) is 3.48. The van der Waals surface area contributed by atoms with Crippen LogP contribution in [0, 0.1) is 12.3 Å². The summed E-state index contributed by atoms with van der Waals surface area (Å²) in [6.45, 7) is 3.17. The third-order valence-corrected chi connectivity index (χ3v) is 2.91. The lowest BCUT2D eigenvalue weighted by Crippen LogP contribution is -2.32. The number of hydrogen-bond donors (Lipinski definition) is 0. The van der Waals surface area contributed by atoms with Crippen LogP contribution in [0.4, 0.5) is 0 Å². The molecule has 0 aliphatic heterocycles. The average Bonchev–Trinajstić information content (AvgIpc) is 2.45. The van der Waals surface area contributed by atoms with Crippen molar-refractivity contribution in [2.45, 2.75) is 26.2 Å². The lowest BCUT2D eigenvalue weighted by atomic mass is 10.1. The number of carbonyl (C=O) groups is 1. The van der Waals surface area contributed by atoms with Gasteiger partial charge < -0.3 is 9.64 Å². The third-order valence-electron chi connectivity index (χ3n) is 2.91. The van der Waals surface area contributed by atoms with Crippen molar-refractivity contribution in [3.63, 3.8) is 0 Å². The molecule has 0 bridgehead atoms. The smallest absolute Gasteiger partial charge is 0.223 e. The van der Waals surface area contributed by atoms with Gasteiger partial charge in [-0.25, -0.2) is 0 Å². The molecule has 1 rings (SSSR count). The summed E-state index contributed by atoms with van der Waals surface area (Å²) in [5, 5.41) is 0. The van der Waals surface area contributed by atoms with Gasteiger partial charge >= 0.3 is 0 Å². The molecule has 3 nitrogen and oxygen atoms in total. The highest BCUT2D eigenvalue weighted by atomic mass is 16.5. The summed E-state index contributed by atoms with van der Waals surface area (Å²) in [7, 11) is 1.64. The van der Waals surface area contributed by atoms with Crippen molar-refractivity contribution in [3.05, 3.63) is 29.8 Å². The molecular weight excluding hydrogens is 238 g/mol. The Morgan fingerprint density at radius 1 is 1.37 bits per heavy atom. The molecule has 3 heteroatoms. The molecule has 1 amide bonds. The molecule has 1 aromatic rings. The third kappa shape index (κ3) is 5.05. The first-order valence-electron chi connectivity index (χ1n) is 6.55. The van der Waals surface area contributed by atoms with Gasteiger partial charge in [0.2, 0.25) is 5.91 Å². The van der Waals surface area contributed by atoms with E-state index in [1.54, 1.807) is 12.0 Å². The number of ether oxygens (including phenoxy) is 1. The maximum atomic E-state index is 12.0. The molecule has 0 heterocycles. The monoisotopic (exact) mass is 259 g/mol. The number of aryl methyl sites for hydroxylation is 1. The van der Waals surface area contributed by atoms with E-state index in [2.05, 4.69) is 5.92 Å². The second kappa shape index (κ2) is 8.20. The highest BCUT2D eigenvalue weighted by Gasteiger charge is 2.11. The summed E-state index contributed by atoms with van der Waals surface area (Å²) in [6, 6.07) is 7.78. The van der Waals surface area contributed by atoms with Crippen LogP contribution in [-0.4, -0.2) is 31.0 Å². The van der Waals surface area contributed by atoms with Crippen LogP contribution in [0.2, 0.25) is 0 Å². The van der Waals surface area contributed by atoms with E-state index >= 15 is 0 Å². The lowest BCUT2D eigenvalue weighted by Gasteiger charge is -2.19. The highest BCUT2D eigenvalue weighted by molar-refractivity contribution is 5.76. The molecule has 102 valence electrons. The zero-order valence-electron chi connectivity index (χ0n) is 11.7. The van der Waals surface area contributed by atoms with Crippen molar-refractivity contribution >= 4 is 5.91 Å². The van der Waals surface area contributed by atoms with Gasteiger partial charge in [-0.15, -0.1) is 6.42 Å². The molecule has 0 aliphatic carbocycles. The Hall–Kier alpha value is -1.95. The number of hydrogen-bond acceptors (Lipinski definition) is 2. The van der Waals surface area contributed by atoms with Crippen LogP contribution in [0.5, 0.6) is 5.75 Å². The van der Waals surface area contributed by atoms with Crippen molar-refractivity contribution in [2.24, 2.45) is 0 Å². The second-order valence-electron chi connectivity index (χ2n) is 4.37. The van der Waals surface area contributed by atoms with Crippen LogP contribution in [0.3, 0.4) is 0 Å². The average molecular weight is 259 g/mol. The fraction of sp³-hybridized carbons (Fsp3) is 0.438. The Kier molecular flexibility index (Phi) is 6.52. The van der Waals surface area contributed by atoms with Gasteiger partial charge in [0.25, 0.3) is 0 Å². The van der Waals surface area contributed by atoms with E-state index in [0.29, 0.717) is 13.0 Å². The van der Waals surface area contributed by atoms with Gasteiger partial charge in [0.05, 0.1) is 13.7 Å². The van der Waals surface area contributed by atoms with E-state index in [-0.39, 0.29) is 5.91 Å². The Bertz CT molecular complexity index is 431. The molecule has 0 spiro atoms. The van der Waals surface area contributed by atoms with Gasteiger partial charge in [0.1, 0.15) is 5.75 Å². The minimum absolute atomic E-state index is 0.121. The van der Waals surface area contributed by atoms with Crippen molar-refractivity contribution in [1.82, 2.24) is 4.90 Å². The first-order chi connectivity index (χ1) is 9.21. The topological polar surface area (TPSA) is 29.5 Å². The van der Waals surface area contributed by atoms with Crippen LogP contribution in [0.15, 0.2) is 24.3 Å². The van der Waals surface area contributed by atoms with E-state index in [1.165, 1.54) is 0 Å². The SMILES string of the molecule is C#CCN(CCC)C(=O)CCc1ccc(OC)cc1. The standard InChI is InChI=1S/C16H21NO2/c1-4-12-17(13-5-2)16(18)11-8-14-6-9-15(19-3)10-7-14/h1,6-7,9-10H,5,8,11-13H2,2-3H3. The quantitative estimate of drug-likeness (QED) is 0.704. The second-order valence-corrected chi connectivity index (χ2v) is 4.37. The summed E-state index contributed by atoms with van der Waals surface area (Å²) < 4.78 is 5.10. The molecule has 19 heavy (non-hydrogen) atoms. The summed E-state index contributed by atoms with van der Waals surface area (Å²) >= 11 is 0. The number of terminal acetylenes is 1. The Labute approximate surface area is 115 Å². The van der Waals surface area contributed by atoms with Crippen LogP contribution >= 0.6 is 0 Å². The minimum atomic E-state index is 0.121. The van der Waals surface area contributed by atoms with E-state index in [1.807, 2.05) is 31.2 Å². The maximum absolute atomic E-state index is 12.0. The number of carbonyl (C=O) groups excluding carboxylic acids is 1. The number of amides is 1. The Balaban J connectivity index is 2.49. The van der Waals surface area contributed by atoms with Crippen LogP contribution < -0.4 is 4.74 Å². The normalized spacial score (nSPS) is 9.74.